The van der Waals surface area contributed by atoms with Gasteiger partial charge in [0.1, 0.15) is 0 Å². The molecule has 0 atom stereocenters. The molecule has 0 unspecified atom stereocenters. The Hall–Kier alpha value is -1.86. The van der Waals surface area contributed by atoms with Crippen LogP contribution in [0.2, 0.25) is 0 Å². The van der Waals surface area contributed by atoms with Gasteiger partial charge in [-0.2, -0.15) is 5.26 Å². The van der Waals surface area contributed by atoms with Crippen molar-refractivity contribution in [1.29, 1.82) is 5.26 Å². The van der Waals surface area contributed by atoms with Gasteiger partial charge in [-0.3, -0.25) is 4.79 Å². The standard InChI is InChI=1S/C15H18N2O2/c1-11-3-4-12(2)13(7-11)5-6-17-14(18)15(8-16)9-19-10-15/h3-4,7H,5-6,9-10H2,1-2H3,(H,17,18). The third-order valence-electron chi connectivity index (χ3n) is 3.53. The number of aryl methyl sites for hydroxylation is 2. The summed E-state index contributed by atoms with van der Waals surface area (Å²) >= 11 is 0. The molecular weight excluding hydrogens is 240 g/mol. The van der Waals surface area contributed by atoms with Gasteiger partial charge in [-0.05, 0) is 31.4 Å². The van der Waals surface area contributed by atoms with E-state index >= 15 is 0 Å². The first-order valence-corrected chi connectivity index (χ1v) is 6.41. The Bertz CT molecular complexity index is 527. The van der Waals surface area contributed by atoms with Crippen LogP contribution >= 0.6 is 0 Å². The number of nitrogens with one attached hydrogen (secondary N) is 1. The van der Waals surface area contributed by atoms with Gasteiger partial charge < -0.3 is 10.1 Å². The zero-order valence-corrected chi connectivity index (χ0v) is 11.3. The van der Waals surface area contributed by atoms with Crippen LogP contribution in [0.15, 0.2) is 18.2 Å². The zero-order chi connectivity index (χ0) is 13.9. The number of hydrogen-bond acceptors (Lipinski definition) is 3. The maximum Gasteiger partial charge on any atom is 0.245 e. The molecule has 1 aromatic rings. The average Bonchev–Trinajstić information content (AvgIpc) is 2.33. The number of hydrogen-bond donors (Lipinski definition) is 1. The highest BCUT2D eigenvalue weighted by Gasteiger charge is 2.46. The lowest BCUT2D eigenvalue weighted by Gasteiger charge is -2.33. The van der Waals surface area contributed by atoms with Gasteiger partial charge in [-0.15, -0.1) is 0 Å². The first kappa shape index (κ1) is 13.6. The molecule has 100 valence electrons. The van der Waals surface area contributed by atoms with Crippen LogP contribution in [0.4, 0.5) is 0 Å². The monoisotopic (exact) mass is 258 g/mol. The molecule has 1 aromatic carbocycles. The quantitative estimate of drug-likeness (QED) is 0.890. The van der Waals surface area contributed by atoms with Crippen LogP contribution in [0.5, 0.6) is 0 Å². The van der Waals surface area contributed by atoms with Crippen molar-refractivity contribution in [1.82, 2.24) is 5.32 Å². The minimum absolute atomic E-state index is 0.207. The molecule has 0 aliphatic carbocycles. The Kier molecular flexibility index (Phi) is 3.87. The summed E-state index contributed by atoms with van der Waals surface area (Å²) in [7, 11) is 0. The van der Waals surface area contributed by atoms with Crippen molar-refractivity contribution in [2.75, 3.05) is 19.8 Å². The van der Waals surface area contributed by atoms with E-state index in [1.165, 1.54) is 16.7 Å². The molecule has 2 rings (SSSR count). The highest BCUT2D eigenvalue weighted by molar-refractivity contribution is 5.86. The van der Waals surface area contributed by atoms with Gasteiger partial charge in [0.2, 0.25) is 5.91 Å². The summed E-state index contributed by atoms with van der Waals surface area (Å²) in [6.45, 7) is 5.08. The number of amides is 1. The second kappa shape index (κ2) is 5.41. The van der Waals surface area contributed by atoms with E-state index in [4.69, 9.17) is 10.00 Å². The highest BCUT2D eigenvalue weighted by Crippen LogP contribution is 2.26. The van der Waals surface area contributed by atoms with Crippen molar-refractivity contribution in [3.05, 3.63) is 34.9 Å². The number of ether oxygens (including phenoxy) is 1. The van der Waals surface area contributed by atoms with Crippen LogP contribution in [-0.2, 0) is 16.0 Å². The maximum atomic E-state index is 11.9. The summed E-state index contributed by atoms with van der Waals surface area (Å²) < 4.78 is 4.97. The van der Waals surface area contributed by atoms with E-state index in [9.17, 15) is 4.79 Å². The van der Waals surface area contributed by atoms with Crippen LogP contribution in [-0.4, -0.2) is 25.7 Å². The summed E-state index contributed by atoms with van der Waals surface area (Å²) in [6, 6.07) is 8.34. The summed E-state index contributed by atoms with van der Waals surface area (Å²) in [4.78, 5) is 11.9. The maximum absolute atomic E-state index is 11.9. The van der Waals surface area contributed by atoms with Crippen LogP contribution in [0.25, 0.3) is 0 Å². The lowest BCUT2D eigenvalue weighted by atomic mass is 9.87. The Morgan fingerprint density at radius 3 is 2.79 bits per heavy atom. The second-order valence-electron chi connectivity index (χ2n) is 5.12. The molecule has 1 fully saturated rings. The summed E-state index contributed by atoms with van der Waals surface area (Å²) in [5, 5.41) is 11.8. The van der Waals surface area contributed by atoms with Crippen molar-refractivity contribution in [2.24, 2.45) is 5.41 Å². The summed E-state index contributed by atoms with van der Waals surface area (Å²) in [5.41, 5.74) is 2.72. The van der Waals surface area contributed by atoms with Gasteiger partial charge in [-0.1, -0.05) is 23.8 Å². The largest absolute Gasteiger partial charge is 0.377 e. The fourth-order valence-corrected chi connectivity index (χ4v) is 2.10. The second-order valence-corrected chi connectivity index (χ2v) is 5.12. The number of carbonyl (C=O) groups is 1. The van der Waals surface area contributed by atoms with Crippen molar-refractivity contribution >= 4 is 5.91 Å². The number of nitriles is 1. The molecule has 1 aliphatic rings. The van der Waals surface area contributed by atoms with Gasteiger partial charge in [0, 0.05) is 6.54 Å². The summed E-state index contributed by atoms with van der Waals surface area (Å²) in [5.74, 6) is -0.216. The van der Waals surface area contributed by atoms with Crippen molar-refractivity contribution in [2.45, 2.75) is 20.3 Å². The van der Waals surface area contributed by atoms with Gasteiger partial charge in [0.05, 0.1) is 19.3 Å². The first-order valence-electron chi connectivity index (χ1n) is 6.41. The molecule has 0 saturated carbocycles. The third-order valence-corrected chi connectivity index (χ3v) is 3.53. The first-order chi connectivity index (χ1) is 9.07. The normalized spacial score (nSPS) is 16.3. The van der Waals surface area contributed by atoms with Crippen LogP contribution in [0.1, 0.15) is 16.7 Å². The van der Waals surface area contributed by atoms with E-state index in [1.54, 1.807) is 0 Å². The predicted molar refractivity (Wildman–Crippen MR) is 71.5 cm³/mol. The topological polar surface area (TPSA) is 62.1 Å². The molecule has 0 spiro atoms. The fourth-order valence-electron chi connectivity index (χ4n) is 2.10. The molecule has 0 aromatic heterocycles. The molecule has 19 heavy (non-hydrogen) atoms. The minimum Gasteiger partial charge on any atom is -0.377 e. The van der Waals surface area contributed by atoms with Crippen molar-refractivity contribution in [3.63, 3.8) is 0 Å². The lowest BCUT2D eigenvalue weighted by Crippen LogP contribution is -2.53. The van der Waals surface area contributed by atoms with E-state index in [0.717, 1.165) is 6.42 Å². The van der Waals surface area contributed by atoms with E-state index in [0.29, 0.717) is 6.54 Å². The van der Waals surface area contributed by atoms with Gasteiger partial charge in [0.15, 0.2) is 5.41 Å². The van der Waals surface area contributed by atoms with Crippen LogP contribution in [0.3, 0.4) is 0 Å². The fraction of sp³-hybridized carbons (Fsp3) is 0.467. The lowest BCUT2D eigenvalue weighted by molar-refractivity contribution is -0.149. The Balaban J connectivity index is 1.89. The number of carbonyl (C=O) groups excluding carboxylic acids is 1. The molecule has 0 bridgehead atoms. The molecule has 4 nitrogen and oxygen atoms in total. The van der Waals surface area contributed by atoms with Gasteiger partial charge >= 0.3 is 0 Å². The number of nitrogens with zero attached hydrogens (tertiary/aromatic N) is 1. The van der Waals surface area contributed by atoms with Crippen LogP contribution in [0, 0.1) is 30.6 Å². The van der Waals surface area contributed by atoms with E-state index in [-0.39, 0.29) is 19.1 Å². The van der Waals surface area contributed by atoms with Gasteiger partial charge in [0.25, 0.3) is 0 Å². The SMILES string of the molecule is Cc1ccc(C)c(CCNC(=O)C2(C#N)COC2)c1. The predicted octanol–water partition coefficient (Wildman–Crippen LogP) is 1.50. The van der Waals surface area contributed by atoms with E-state index < -0.39 is 5.41 Å². The molecular formula is C15H18N2O2. The zero-order valence-electron chi connectivity index (χ0n) is 11.3. The smallest absolute Gasteiger partial charge is 0.245 e. The molecule has 1 saturated heterocycles. The Morgan fingerprint density at radius 2 is 2.21 bits per heavy atom. The highest BCUT2D eigenvalue weighted by atomic mass is 16.5. The third kappa shape index (κ3) is 2.77. The molecule has 1 amide bonds. The van der Waals surface area contributed by atoms with E-state index in [2.05, 4.69) is 37.4 Å². The van der Waals surface area contributed by atoms with Gasteiger partial charge in [-0.25, -0.2) is 0 Å². The Labute approximate surface area is 113 Å². The summed E-state index contributed by atoms with van der Waals surface area (Å²) in [6.07, 6.45) is 0.779. The van der Waals surface area contributed by atoms with E-state index in [1.807, 2.05) is 6.07 Å². The molecule has 1 N–H and O–H groups in total. The molecule has 1 heterocycles. The number of rotatable bonds is 4. The van der Waals surface area contributed by atoms with Crippen molar-refractivity contribution < 1.29 is 9.53 Å². The molecule has 1 aliphatic heterocycles. The molecule has 4 heteroatoms. The average molecular weight is 258 g/mol. The number of benzene rings is 1. The minimum atomic E-state index is -0.957. The molecule has 0 radical (unpaired) electrons. The van der Waals surface area contributed by atoms with Crippen molar-refractivity contribution in [3.8, 4) is 6.07 Å². The Morgan fingerprint density at radius 1 is 1.47 bits per heavy atom. The van der Waals surface area contributed by atoms with Crippen LogP contribution < -0.4 is 5.32 Å².